The fourth-order valence-corrected chi connectivity index (χ4v) is 4.19. The molecule has 0 aliphatic heterocycles. The van der Waals surface area contributed by atoms with E-state index in [1.54, 1.807) is 0 Å². The zero-order valence-corrected chi connectivity index (χ0v) is 17.0. The molecule has 2 aliphatic carbocycles. The molecule has 0 aromatic rings. The summed E-state index contributed by atoms with van der Waals surface area (Å²) in [6.45, 7) is 7.88. The highest BCUT2D eigenvalue weighted by Gasteiger charge is 2.31. The fourth-order valence-electron chi connectivity index (χ4n) is 4.19. The number of rotatable bonds is 9. The van der Waals surface area contributed by atoms with E-state index in [4.69, 9.17) is 14.2 Å². The second kappa shape index (κ2) is 11.5. The molecule has 0 heterocycles. The minimum absolute atomic E-state index is 0.00118. The highest BCUT2D eigenvalue weighted by molar-refractivity contribution is 5.81. The van der Waals surface area contributed by atoms with Gasteiger partial charge in [0.05, 0.1) is 12.0 Å². The smallest absolute Gasteiger partial charge is 0.332 e. The van der Waals surface area contributed by atoms with Gasteiger partial charge < -0.3 is 14.2 Å². The Morgan fingerprint density at radius 1 is 1.04 bits per heavy atom. The molecule has 1 unspecified atom stereocenters. The van der Waals surface area contributed by atoms with Crippen molar-refractivity contribution >= 4 is 11.9 Å². The third-order valence-electron chi connectivity index (χ3n) is 6.19. The summed E-state index contributed by atoms with van der Waals surface area (Å²) in [5.74, 6) is 1.19. The van der Waals surface area contributed by atoms with Crippen molar-refractivity contribution < 1.29 is 23.8 Å². The van der Waals surface area contributed by atoms with E-state index in [9.17, 15) is 9.59 Å². The minimum Gasteiger partial charge on any atom is -0.462 e. The summed E-state index contributed by atoms with van der Waals surface area (Å²) in [4.78, 5) is 23.5. The van der Waals surface area contributed by atoms with Crippen molar-refractivity contribution in [3.05, 3.63) is 12.7 Å². The quantitative estimate of drug-likeness (QED) is 0.327. The Labute approximate surface area is 163 Å². The summed E-state index contributed by atoms with van der Waals surface area (Å²) < 4.78 is 16.2. The molecule has 0 amide bonds. The van der Waals surface area contributed by atoms with Gasteiger partial charge in [0.1, 0.15) is 6.10 Å². The fraction of sp³-hybridized carbons (Fsp3) is 0.818. The molecule has 2 saturated carbocycles. The van der Waals surface area contributed by atoms with Gasteiger partial charge in [-0.1, -0.05) is 26.8 Å². The van der Waals surface area contributed by atoms with Gasteiger partial charge in [0.2, 0.25) is 0 Å². The van der Waals surface area contributed by atoms with Crippen LogP contribution in [0.4, 0.5) is 0 Å². The highest BCUT2D eigenvalue weighted by Crippen LogP contribution is 2.34. The molecule has 0 bridgehead atoms. The Hall–Kier alpha value is -1.36. The summed E-state index contributed by atoms with van der Waals surface area (Å²) in [6.07, 6.45) is 11.3. The maximum absolute atomic E-state index is 12.5. The van der Waals surface area contributed by atoms with Crippen LogP contribution in [0.15, 0.2) is 12.7 Å². The lowest BCUT2D eigenvalue weighted by molar-refractivity contribution is -0.165. The highest BCUT2D eigenvalue weighted by atomic mass is 16.7. The van der Waals surface area contributed by atoms with E-state index in [1.165, 1.54) is 12.8 Å². The van der Waals surface area contributed by atoms with Gasteiger partial charge in [0.25, 0.3) is 0 Å². The molecular weight excluding hydrogens is 344 g/mol. The molecule has 0 aromatic carbocycles. The van der Waals surface area contributed by atoms with Crippen LogP contribution >= 0.6 is 0 Å². The first-order valence-electron chi connectivity index (χ1n) is 10.6. The lowest BCUT2D eigenvalue weighted by atomic mass is 9.78. The number of carbonyl (C=O) groups excluding carboxylic acids is 2. The zero-order chi connectivity index (χ0) is 19.6. The number of hydrogen-bond donors (Lipinski definition) is 0. The molecular formula is C22H36O5. The molecule has 2 rings (SSSR count). The summed E-state index contributed by atoms with van der Waals surface area (Å²) in [7, 11) is 0. The molecule has 2 aliphatic rings. The second-order valence-corrected chi connectivity index (χ2v) is 8.25. The molecule has 5 nitrogen and oxygen atoms in total. The molecule has 0 spiro atoms. The number of hydrogen-bond acceptors (Lipinski definition) is 5. The Balaban J connectivity index is 1.61. The van der Waals surface area contributed by atoms with Crippen LogP contribution in [-0.2, 0) is 23.8 Å². The molecule has 5 heteroatoms. The third kappa shape index (κ3) is 7.65. The van der Waals surface area contributed by atoms with Crippen LogP contribution < -0.4 is 0 Å². The maximum atomic E-state index is 12.5. The van der Waals surface area contributed by atoms with Crippen LogP contribution in [0.2, 0.25) is 0 Å². The van der Waals surface area contributed by atoms with Crippen molar-refractivity contribution in [3.8, 4) is 0 Å². The van der Waals surface area contributed by atoms with Gasteiger partial charge in [0.15, 0.2) is 6.79 Å². The maximum Gasteiger partial charge on any atom is 0.332 e. The normalized spacial score (nSPS) is 29.6. The summed E-state index contributed by atoms with van der Waals surface area (Å²) in [5.41, 5.74) is 0. The van der Waals surface area contributed by atoms with Crippen molar-refractivity contribution in [2.24, 2.45) is 17.8 Å². The summed E-state index contributed by atoms with van der Waals surface area (Å²) >= 11 is 0. The lowest BCUT2D eigenvalue weighted by Gasteiger charge is -2.32. The average Bonchev–Trinajstić information content (AvgIpc) is 2.69. The van der Waals surface area contributed by atoms with Crippen molar-refractivity contribution in [1.82, 2.24) is 0 Å². The molecule has 0 N–H and O–H groups in total. The van der Waals surface area contributed by atoms with Gasteiger partial charge >= 0.3 is 11.9 Å². The standard InChI is InChI=1S/C22H36O5/c1-4-16(3)14-17-6-8-18(9-7-17)22(24)27-20-12-10-19(11-13-20)25-15-26-21(23)5-2/h5,16-20H,2,4,6-15H2,1,3H3. The van der Waals surface area contributed by atoms with E-state index >= 15 is 0 Å². The first-order chi connectivity index (χ1) is 13.0. The molecule has 1 atom stereocenters. The Kier molecular flexibility index (Phi) is 9.32. The van der Waals surface area contributed by atoms with E-state index in [0.29, 0.717) is 0 Å². The van der Waals surface area contributed by atoms with Crippen LogP contribution in [0.1, 0.15) is 78.1 Å². The second-order valence-electron chi connectivity index (χ2n) is 8.25. The third-order valence-corrected chi connectivity index (χ3v) is 6.19. The zero-order valence-electron chi connectivity index (χ0n) is 17.0. The van der Waals surface area contributed by atoms with Gasteiger partial charge in [-0.05, 0) is 69.6 Å². The first kappa shape index (κ1) is 21.9. The van der Waals surface area contributed by atoms with Crippen LogP contribution in [0.5, 0.6) is 0 Å². The van der Waals surface area contributed by atoms with Gasteiger partial charge in [-0.2, -0.15) is 0 Å². The number of carbonyl (C=O) groups is 2. The number of ether oxygens (including phenoxy) is 3. The Bertz CT molecular complexity index is 473. The SMILES string of the molecule is C=CC(=O)OCOC1CCC(OC(=O)C2CCC(CC(C)CC)CC2)CC1. The van der Waals surface area contributed by atoms with Crippen molar-refractivity contribution in [3.63, 3.8) is 0 Å². The number of esters is 2. The summed E-state index contributed by atoms with van der Waals surface area (Å²) in [6, 6.07) is 0. The molecule has 0 saturated heterocycles. The van der Waals surface area contributed by atoms with Gasteiger partial charge in [-0.15, -0.1) is 0 Å². The Morgan fingerprint density at radius 3 is 2.26 bits per heavy atom. The monoisotopic (exact) mass is 380 g/mol. The van der Waals surface area contributed by atoms with Gasteiger partial charge in [-0.3, -0.25) is 4.79 Å². The van der Waals surface area contributed by atoms with E-state index in [2.05, 4.69) is 20.4 Å². The first-order valence-corrected chi connectivity index (χ1v) is 10.6. The van der Waals surface area contributed by atoms with Crippen LogP contribution in [0.3, 0.4) is 0 Å². The van der Waals surface area contributed by atoms with Gasteiger partial charge in [-0.25, -0.2) is 4.79 Å². The van der Waals surface area contributed by atoms with Crippen molar-refractivity contribution in [2.75, 3.05) is 6.79 Å². The van der Waals surface area contributed by atoms with E-state index in [-0.39, 0.29) is 30.9 Å². The molecule has 0 aromatic heterocycles. The largest absolute Gasteiger partial charge is 0.462 e. The van der Waals surface area contributed by atoms with Crippen molar-refractivity contribution in [2.45, 2.75) is 90.3 Å². The average molecular weight is 381 g/mol. The van der Waals surface area contributed by atoms with Crippen LogP contribution in [-0.4, -0.2) is 30.9 Å². The lowest BCUT2D eigenvalue weighted by Crippen LogP contribution is -2.32. The topological polar surface area (TPSA) is 61.8 Å². The predicted octanol–water partition coefficient (Wildman–Crippen LogP) is 4.79. The predicted molar refractivity (Wildman–Crippen MR) is 104 cm³/mol. The van der Waals surface area contributed by atoms with E-state index in [1.807, 2.05) is 0 Å². The van der Waals surface area contributed by atoms with Crippen molar-refractivity contribution in [1.29, 1.82) is 0 Å². The van der Waals surface area contributed by atoms with E-state index in [0.717, 1.165) is 69.3 Å². The van der Waals surface area contributed by atoms with Gasteiger partial charge in [0, 0.05) is 6.08 Å². The molecule has 154 valence electrons. The van der Waals surface area contributed by atoms with E-state index < -0.39 is 5.97 Å². The Morgan fingerprint density at radius 2 is 1.67 bits per heavy atom. The molecule has 0 radical (unpaired) electrons. The minimum atomic E-state index is -0.475. The van der Waals surface area contributed by atoms with Crippen LogP contribution in [0.25, 0.3) is 0 Å². The summed E-state index contributed by atoms with van der Waals surface area (Å²) in [5, 5.41) is 0. The molecule has 27 heavy (non-hydrogen) atoms. The molecule has 2 fully saturated rings. The van der Waals surface area contributed by atoms with Crippen LogP contribution in [0, 0.1) is 17.8 Å².